The van der Waals surface area contributed by atoms with E-state index >= 15 is 0 Å². The van der Waals surface area contributed by atoms with E-state index in [4.69, 9.17) is 4.74 Å². The fraction of sp³-hybridized carbons (Fsp3) is 0.429. The van der Waals surface area contributed by atoms with Crippen molar-refractivity contribution < 1.29 is 27.5 Å². The number of halogens is 3. The van der Waals surface area contributed by atoms with Crippen LogP contribution in [0.3, 0.4) is 0 Å². The Morgan fingerprint density at radius 2 is 1.81 bits per heavy atom. The first-order chi connectivity index (χ1) is 9.84. The van der Waals surface area contributed by atoms with Gasteiger partial charge in [-0.2, -0.15) is 13.2 Å². The molecule has 0 aromatic heterocycles. The second kappa shape index (κ2) is 7.66. The van der Waals surface area contributed by atoms with Gasteiger partial charge in [0.1, 0.15) is 0 Å². The van der Waals surface area contributed by atoms with E-state index in [2.05, 4.69) is 5.32 Å². The van der Waals surface area contributed by atoms with Gasteiger partial charge in [-0.05, 0) is 30.7 Å². The monoisotopic (exact) mass is 303 g/mol. The van der Waals surface area contributed by atoms with Crippen LogP contribution in [0, 0.1) is 0 Å². The van der Waals surface area contributed by atoms with Crippen LogP contribution in [0.25, 0.3) is 0 Å². The highest BCUT2D eigenvalue weighted by Crippen LogP contribution is 2.29. The first kappa shape index (κ1) is 17.0. The molecule has 1 rings (SSSR count). The molecule has 0 saturated heterocycles. The highest BCUT2D eigenvalue weighted by Gasteiger charge is 2.30. The van der Waals surface area contributed by atoms with Crippen molar-refractivity contribution in [2.24, 2.45) is 0 Å². The predicted molar refractivity (Wildman–Crippen MR) is 69.6 cm³/mol. The van der Waals surface area contributed by atoms with Gasteiger partial charge < -0.3 is 10.1 Å². The first-order valence-electron chi connectivity index (χ1n) is 6.45. The maximum atomic E-state index is 12.4. The van der Waals surface area contributed by atoms with E-state index in [1.165, 1.54) is 0 Å². The summed E-state index contributed by atoms with van der Waals surface area (Å²) in [5, 5.41) is 2.55. The lowest BCUT2D eigenvalue weighted by Gasteiger charge is -2.08. The molecule has 0 atom stereocenters. The molecule has 0 unspecified atom stereocenters. The summed E-state index contributed by atoms with van der Waals surface area (Å²) < 4.78 is 41.8. The largest absolute Gasteiger partial charge is 0.452 e. The van der Waals surface area contributed by atoms with Crippen LogP contribution < -0.4 is 5.32 Å². The SMILES string of the molecule is CCCCNC(=O)COC(=O)c1ccc(C(F)(F)F)cc1. The Kier molecular flexibility index (Phi) is 6.20. The summed E-state index contributed by atoms with van der Waals surface area (Å²) in [6.45, 7) is 2.01. The normalized spacial score (nSPS) is 11.0. The Balaban J connectivity index is 2.47. The van der Waals surface area contributed by atoms with E-state index in [9.17, 15) is 22.8 Å². The number of nitrogens with one attached hydrogen (secondary N) is 1. The molecular formula is C14H16F3NO3. The van der Waals surface area contributed by atoms with E-state index in [0.717, 1.165) is 37.1 Å². The van der Waals surface area contributed by atoms with Gasteiger partial charge in [0.05, 0.1) is 11.1 Å². The predicted octanol–water partition coefficient (Wildman–Crippen LogP) is 2.78. The summed E-state index contributed by atoms with van der Waals surface area (Å²) in [7, 11) is 0. The molecule has 0 aliphatic carbocycles. The highest BCUT2D eigenvalue weighted by atomic mass is 19.4. The summed E-state index contributed by atoms with van der Waals surface area (Å²) in [5.41, 5.74) is -0.888. The number of carbonyl (C=O) groups is 2. The van der Waals surface area contributed by atoms with Crippen molar-refractivity contribution in [3.8, 4) is 0 Å². The third-order valence-electron chi connectivity index (χ3n) is 2.63. The Labute approximate surface area is 120 Å². The average molecular weight is 303 g/mol. The molecule has 0 heterocycles. The zero-order chi connectivity index (χ0) is 15.9. The highest BCUT2D eigenvalue weighted by molar-refractivity contribution is 5.91. The van der Waals surface area contributed by atoms with E-state index in [0.29, 0.717) is 6.54 Å². The van der Waals surface area contributed by atoms with Gasteiger partial charge in [-0.15, -0.1) is 0 Å². The molecule has 0 spiro atoms. The molecule has 1 aromatic carbocycles. The van der Waals surface area contributed by atoms with Crippen molar-refractivity contribution in [3.63, 3.8) is 0 Å². The number of ether oxygens (including phenoxy) is 1. The molecule has 0 aliphatic rings. The number of unbranched alkanes of at least 4 members (excludes halogenated alkanes) is 1. The number of carbonyl (C=O) groups excluding carboxylic acids is 2. The Hall–Kier alpha value is -2.05. The van der Waals surface area contributed by atoms with Crippen LogP contribution in [0.5, 0.6) is 0 Å². The third-order valence-corrected chi connectivity index (χ3v) is 2.63. The number of benzene rings is 1. The summed E-state index contributed by atoms with van der Waals surface area (Å²) >= 11 is 0. The second-order valence-corrected chi connectivity index (χ2v) is 4.35. The minimum absolute atomic E-state index is 0.0376. The smallest absolute Gasteiger partial charge is 0.416 e. The van der Waals surface area contributed by atoms with Crippen LogP contribution in [-0.4, -0.2) is 25.0 Å². The molecule has 4 nitrogen and oxygen atoms in total. The fourth-order valence-electron chi connectivity index (χ4n) is 1.47. The van der Waals surface area contributed by atoms with Crippen LogP contribution >= 0.6 is 0 Å². The van der Waals surface area contributed by atoms with Gasteiger partial charge in [-0.1, -0.05) is 13.3 Å². The maximum Gasteiger partial charge on any atom is 0.416 e. The van der Waals surface area contributed by atoms with Crippen molar-refractivity contribution in [2.45, 2.75) is 25.9 Å². The summed E-state index contributed by atoms with van der Waals surface area (Å²) in [5.74, 6) is -1.28. The summed E-state index contributed by atoms with van der Waals surface area (Å²) in [6.07, 6.45) is -2.72. The number of rotatable bonds is 6. The summed E-state index contributed by atoms with van der Waals surface area (Å²) in [4.78, 5) is 22.9. The van der Waals surface area contributed by atoms with Gasteiger partial charge >= 0.3 is 12.1 Å². The second-order valence-electron chi connectivity index (χ2n) is 4.35. The quantitative estimate of drug-likeness (QED) is 0.649. The van der Waals surface area contributed by atoms with E-state index in [1.54, 1.807) is 0 Å². The van der Waals surface area contributed by atoms with Crippen LogP contribution in [0.15, 0.2) is 24.3 Å². The lowest BCUT2D eigenvalue weighted by molar-refractivity contribution is -0.137. The molecule has 21 heavy (non-hydrogen) atoms. The van der Waals surface area contributed by atoms with Crippen molar-refractivity contribution in [1.29, 1.82) is 0 Å². The number of hydrogen-bond acceptors (Lipinski definition) is 3. The molecule has 0 saturated carbocycles. The van der Waals surface area contributed by atoms with Crippen molar-refractivity contribution in [2.75, 3.05) is 13.2 Å². The zero-order valence-corrected chi connectivity index (χ0v) is 11.5. The van der Waals surface area contributed by atoms with Gasteiger partial charge in [0.25, 0.3) is 5.91 Å². The average Bonchev–Trinajstić information content (AvgIpc) is 2.44. The van der Waals surface area contributed by atoms with Gasteiger partial charge in [-0.3, -0.25) is 4.79 Å². The standard InChI is InChI=1S/C14H16F3NO3/c1-2-3-8-18-12(19)9-21-13(20)10-4-6-11(7-5-10)14(15,16)17/h4-7H,2-3,8-9H2,1H3,(H,18,19). The third kappa shape index (κ3) is 5.85. The molecule has 1 N–H and O–H groups in total. The first-order valence-corrected chi connectivity index (χ1v) is 6.45. The maximum absolute atomic E-state index is 12.4. The van der Waals surface area contributed by atoms with Crippen molar-refractivity contribution >= 4 is 11.9 Å². The van der Waals surface area contributed by atoms with Crippen molar-refractivity contribution in [3.05, 3.63) is 35.4 Å². The van der Waals surface area contributed by atoms with Gasteiger partial charge in [-0.25, -0.2) is 4.79 Å². The molecule has 1 aromatic rings. The lowest BCUT2D eigenvalue weighted by atomic mass is 10.1. The number of alkyl halides is 3. The minimum atomic E-state index is -4.46. The summed E-state index contributed by atoms with van der Waals surface area (Å²) in [6, 6.07) is 3.61. The molecule has 0 fully saturated rings. The van der Waals surface area contributed by atoms with Gasteiger partial charge in [0, 0.05) is 6.54 Å². The Morgan fingerprint density at radius 3 is 2.33 bits per heavy atom. The molecule has 0 bridgehead atoms. The zero-order valence-electron chi connectivity index (χ0n) is 11.5. The van der Waals surface area contributed by atoms with Crippen LogP contribution in [0.4, 0.5) is 13.2 Å². The lowest BCUT2D eigenvalue weighted by Crippen LogP contribution is -2.29. The van der Waals surface area contributed by atoms with Crippen LogP contribution in [-0.2, 0) is 15.7 Å². The van der Waals surface area contributed by atoms with Crippen LogP contribution in [0.2, 0.25) is 0 Å². The molecule has 0 aliphatic heterocycles. The number of esters is 1. The van der Waals surface area contributed by atoms with Crippen molar-refractivity contribution in [1.82, 2.24) is 5.32 Å². The fourth-order valence-corrected chi connectivity index (χ4v) is 1.47. The van der Waals surface area contributed by atoms with Gasteiger partial charge in [0.2, 0.25) is 0 Å². The van der Waals surface area contributed by atoms with Crippen LogP contribution in [0.1, 0.15) is 35.7 Å². The Morgan fingerprint density at radius 1 is 1.19 bits per heavy atom. The minimum Gasteiger partial charge on any atom is -0.452 e. The van der Waals surface area contributed by atoms with E-state index in [1.807, 2.05) is 6.92 Å². The number of hydrogen-bond donors (Lipinski definition) is 1. The molecule has 116 valence electrons. The molecule has 0 radical (unpaired) electrons. The molecule has 7 heteroatoms. The topological polar surface area (TPSA) is 55.4 Å². The van der Waals surface area contributed by atoms with Gasteiger partial charge in [0.15, 0.2) is 6.61 Å². The Bertz CT molecular complexity index is 483. The molecule has 1 amide bonds. The number of amides is 1. The molecular weight excluding hydrogens is 287 g/mol. The van der Waals surface area contributed by atoms with E-state index < -0.39 is 30.2 Å². The van der Waals surface area contributed by atoms with E-state index in [-0.39, 0.29) is 5.56 Å².